The van der Waals surface area contributed by atoms with E-state index in [0.29, 0.717) is 0 Å². The zero-order valence-electron chi connectivity index (χ0n) is 33.2. The molecule has 1 spiro atoms. The lowest BCUT2D eigenvalue weighted by Crippen LogP contribution is -2.25. The third-order valence-electron chi connectivity index (χ3n) is 13.3. The predicted molar refractivity (Wildman–Crippen MR) is 253 cm³/mol. The van der Waals surface area contributed by atoms with Gasteiger partial charge < -0.3 is 9.32 Å². The summed E-state index contributed by atoms with van der Waals surface area (Å²) in [4.78, 5) is 2.43. The van der Waals surface area contributed by atoms with Crippen molar-refractivity contribution in [2.24, 2.45) is 0 Å². The fourth-order valence-corrected chi connectivity index (χ4v) is 10.8. The minimum atomic E-state index is -0.416. The largest absolute Gasteiger partial charge is 0.455 e. The topological polar surface area (TPSA) is 16.4 Å². The number of fused-ring (bicyclic) bond motifs is 14. The number of hydrogen-bond donors (Lipinski definition) is 0. The van der Waals surface area contributed by atoms with Crippen molar-refractivity contribution in [2.75, 3.05) is 4.90 Å². The molecule has 0 N–H and O–H groups in total. The fraction of sp³-hybridized carbons (Fsp3) is 0.0169. The van der Waals surface area contributed by atoms with Gasteiger partial charge in [0.15, 0.2) is 0 Å². The molecule has 1 aromatic heterocycles. The van der Waals surface area contributed by atoms with Gasteiger partial charge in [-0.15, -0.1) is 0 Å². The van der Waals surface area contributed by atoms with E-state index in [2.05, 4.69) is 217 Å². The second-order valence-electron chi connectivity index (χ2n) is 16.3. The first kappa shape index (κ1) is 34.0. The van der Waals surface area contributed by atoms with Gasteiger partial charge in [-0.05, 0) is 103 Å². The first-order chi connectivity index (χ1) is 30.3. The third-order valence-corrected chi connectivity index (χ3v) is 13.3. The second-order valence-corrected chi connectivity index (χ2v) is 16.3. The monoisotopic (exact) mass is 775 g/mol. The second kappa shape index (κ2) is 13.0. The van der Waals surface area contributed by atoms with E-state index >= 15 is 0 Å². The molecule has 0 fully saturated rings. The van der Waals surface area contributed by atoms with E-state index in [0.717, 1.165) is 50.1 Å². The molecule has 0 radical (unpaired) electrons. The molecule has 13 rings (SSSR count). The number of anilines is 3. The molecule has 284 valence electrons. The molecule has 0 unspecified atom stereocenters. The summed E-state index contributed by atoms with van der Waals surface area (Å²) >= 11 is 0. The Bertz CT molecular complexity index is 3510. The van der Waals surface area contributed by atoms with Crippen molar-refractivity contribution < 1.29 is 4.42 Å². The van der Waals surface area contributed by atoms with Crippen molar-refractivity contribution in [1.82, 2.24) is 0 Å². The van der Waals surface area contributed by atoms with Gasteiger partial charge in [-0.3, -0.25) is 0 Å². The third kappa shape index (κ3) is 4.79. The van der Waals surface area contributed by atoms with E-state index in [1.165, 1.54) is 66.4 Å². The molecule has 0 aliphatic heterocycles. The summed E-state index contributed by atoms with van der Waals surface area (Å²) in [5.41, 5.74) is 19.9. The zero-order valence-corrected chi connectivity index (χ0v) is 33.2. The molecular formula is C59H37NO. The zero-order chi connectivity index (χ0) is 40.1. The van der Waals surface area contributed by atoms with E-state index in [1.807, 2.05) is 12.1 Å². The highest BCUT2D eigenvalue weighted by atomic mass is 16.3. The lowest BCUT2D eigenvalue weighted by molar-refractivity contribution is 0.670. The fourth-order valence-electron chi connectivity index (χ4n) is 10.8. The summed E-state index contributed by atoms with van der Waals surface area (Å²) < 4.78 is 6.48. The Kier molecular flexibility index (Phi) is 7.26. The highest BCUT2D eigenvalue weighted by Gasteiger charge is 2.52. The molecule has 0 amide bonds. The standard InChI is InChI=1S/C59H37NO/c1-2-16-40-37-42(36-31-38(40)15-1)60(41-34-32-39(33-35-41)43-22-13-24-49-47-20-7-12-30-56(47)61-58(43)49)55-29-11-6-19-46(55)48-23-14-28-54-57(48)50-21-5-10-27-53(50)59(54)51-25-8-3-17-44(51)45-18-4-9-26-52(45)59/h1-37H. The van der Waals surface area contributed by atoms with Crippen LogP contribution in [-0.4, -0.2) is 0 Å². The van der Waals surface area contributed by atoms with Crippen LogP contribution in [0.1, 0.15) is 22.3 Å². The van der Waals surface area contributed by atoms with Crippen molar-refractivity contribution in [3.8, 4) is 44.5 Å². The highest BCUT2D eigenvalue weighted by molar-refractivity contribution is 6.10. The lowest BCUT2D eigenvalue weighted by atomic mass is 9.70. The minimum Gasteiger partial charge on any atom is -0.455 e. The Balaban J connectivity index is 1.02. The molecule has 2 aliphatic carbocycles. The Labute approximate surface area is 354 Å². The molecule has 10 aromatic carbocycles. The van der Waals surface area contributed by atoms with Crippen LogP contribution in [-0.2, 0) is 5.41 Å². The van der Waals surface area contributed by atoms with Gasteiger partial charge in [-0.1, -0.05) is 188 Å². The minimum absolute atomic E-state index is 0.416. The molecule has 0 bridgehead atoms. The number of rotatable bonds is 5. The summed E-state index contributed by atoms with van der Waals surface area (Å²) in [5, 5.41) is 4.68. The van der Waals surface area contributed by atoms with Gasteiger partial charge in [0.2, 0.25) is 0 Å². The van der Waals surface area contributed by atoms with E-state index in [9.17, 15) is 0 Å². The van der Waals surface area contributed by atoms with Gasteiger partial charge in [0, 0.05) is 33.3 Å². The normalized spacial score (nSPS) is 13.0. The molecule has 2 nitrogen and oxygen atoms in total. The van der Waals surface area contributed by atoms with Gasteiger partial charge in [-0.25, -0.2) is 0 Å². The average molecular weight is 776 g/mol. The molecule has 11 aromatic rings. The molecule has 0 saturated carbocycles. The first-order valence-electron chi connectivity index (χ1n) is 21.1. The van der Waals surface area contributed by atoms with Crippen molar-refractivity contribution in [3.63, 3.8) is 0 Å². The maximum atomic E-state index is 6.48. The van der Waals surface area contributed by atoms with Crippen LogP contribution in [0.5, 0.6) is 0 Å². The highest BCUT2D eigenvalue weighted by Crippen LogP contribution is 2.64. The summed E-state index contributed by atoms with van der Waals surface area (Å²) in [6.45, 7) is 0. The van der Waals surface area contributed by atoms with Crippen LogP contribution in [0.4, 0.5) is 17.1 Å². The van der Waals surface area contributed by atoms with Crippen LogP contribution in [0.15, 0.2) is 229 Å². The lowest BCUT2D eigenvalue weighted by Gasteiger charge is -2.31. The molecule has 0 saturated heterocycles. The van der Waals surface area contributed by atoms with Crippen LogP contribution < -0.4 is 4.90 Å². The summed E-state index contributed by atoms with van der Waals surface area (Å²) in [6, 6.07) is 82.3. The predicted octanol–water partition coefficient (Wildman–Crippen LogP) is 15.9. The van der Waals surface area contributed by atoms with Crippen molar-refractivity contribution in [2.45, 2.75) is 5.41 Å². The molecule has 61 heavy (non-hydrogen) atoms. The number of nitrogens with zero attached hydrogens (tertiary/aromatic N) is 1. The number of para-hydroxylation sites is 3. The Morgan fingerprint density at radius 3 is 1.67 bits per heavy atom. The summed E-state index contributed by atoms with van der Waals surface area (Å²) in [5.74, 6) is 0. The van der Waals surface area contributed by atoms with Gasteiger partial charge >= 0.3 is 0 Å². The maximum absolute atomic E-state index is 6.48. The van der Waals surface area contributed by atoms with Crippen LogP contribution in [0.2, 0.25) is 0 Å². The smallest absolute Gasteiger partial charge is 0.143 e. The first-order valence-corrected chi connectivity index (χ1v) is 21.1. The Morgan fingerprint density at radius 2 is 0.885 bits per heavy atom. The van der Waals surface area contributed by atoms with E-state index < -0.39 is 5.41 Å². The molecule has 1 heterocycles. The Hall–Kier alpha value is -7.94. The van der Waals surface area contributed by atoms with Crippen LogP contribution in [0.3, 0.4) is 0 Å². The van der Waals surface area contributed by atoms with Crippen molar-refractivity contribution in [3.05, 3.63) is 247 Å². The van der Waals surface area contributed by atoms with E-state index in [1.54, 1.807) is 0 Å². The van der Waals surface area contributed by atoms with Gasteiger partial charge in [0.25, 0.3) is 0 Å². The maximum Gasteiger partial charge on any atom is 0.143 e. The number of benzene rings is 10. The van der Waals surface area contributed by atoms with Crippen LogP contribution in [0, 0.1) is 0 Å². The van der Waals surface area contributed by atoms with E-state index in [4.69, 9.17) is 4.42 Å². The molecule has 2 heteroatoms. The quantitative estimate of drug-likeness (QED) is 0.173. The van der Waals surface area contributed by atoms with Crippen molar-refractivity contribution in [1.29, 1.82) is 0 Å². The Morgan fingerprint density at radius 1 is 0.344 bits per heavy atom. The molecule has 2 aliphatic rings. The van der Waals surface area contributed by atoms with Crippen LogP contribution >= 0.6 is 0 Å². The molecule has 0 atom stereocenters. The van der Waals surface area contributed by atoms with Crippen LogP contribution in [0.25, 0.3) is 77.2 Å². The van der Waals surface area contributed by atoms with E-state index in [-0.39, 0.29) is 0 Å². The van der Waals surface area contributed by atoms with Gasteiger partial charge in [0.05, 0.1) is 11.1 Å². The summed E-state index contributed by atoms with van der Waals surface area (Å²) in [6.07, 6.45) is 0. The summed E-state index contributed by atoms with van der Waals surface area (Å²) in [7, 11) is 0. The average Bonchev–Trinajstić information content (AvgIpc) is 3.97. The molecular weight excluding hydrogens is 739 g/mol. The van der Waals surface area contributed by atoms with Gasteiger partial charge in [-0.2, -0.15) is 0 Å². The van der Waals surface area contributed by atoms with Gasteiger partial charge in [0.1, 0.15) is 11.2 Å². The number of furan rings is 1. The van der Waals surface area contributed by atoms with Crippen molar-refractivity contribution >= 4 is 49.8 Å². The SMILES string of the molecule is c1ccc(N(c2ccc(-c3cccc4c3oc3ccccc34)cc2)c2ccc3ccccc3c2)c(-c2cccc3c2-c2ccccc2C32c3ccccc3-c3ccccc32)c1. The number of hydrogen-bond acceptors (Lipinski definition) is 2.